The molecule has 1 aromatic carbocycles. The average molecular weight is 297 g/mol. The first kappa shape index (κ1) is 13.1. The van der Waals surface area contributed by atoms with Crippen molar-refractivity contribution in [3.8, 4) is 0 Å². The minimum absolute atomic E-state index is 0.511. The van der Waals surface area contributed by atoms with Crippen LogP contribution < -0.4 is 5.73 Å². The van der Waals surface area contributed by atoms with Gasteiger partial charge in [-0.1, -0.05) is 34.5 Å². The van der Waals surface area contributed by atoms with E-state index in [1.54, 1.807) is 0 Å². The van der Waals surface area contributed by atoms with E-state index in [9.17, 15) is 0 Å². The highest BCUT2D eigenvalue weighted by Crippen LogP contribution is 2.17. The van der Waals surface area contributed by atoms with Crippen LogP contribution >= 0.6 is 15.9 Å². The fourth-order valence-electron chi connectivity index (χ4n) is 2.54. The van der Waals surface area contributed by atoms with E-state index >= 15 is 0 Å². The minimum atomic E-state index is 0.511. The molecule has 3 heteroatoms. The molecule has 0 radical (unpaired) electrons. The summed E-state index contributed by atoms with van der Waals surface area (Å²) in [5.41, 5.74) is 7.31. The molecule has 0 aromatic heterocycles. The van der Waals surface area contributed by atoms with Gasteiger partial charge < -0.3 is 5.73 Å². The van der Waals surface area contributed by atoms with E-state index in [0.29, 0.717) is 6.04 Å². The molecular formula is C14H21BrN2. The van der Waals surface area contributed by atoms with E-state index in [1.165, 1.54) is 37.9 Å². The molecule has 1 heterocycles. The summed E-state index contributed by atoms with van der Waals surface area (Å²) in [7, 11) is 0. The molecule has 17 heavy (non-hydrogen) atoms. The van der Waals surface area contributed by atoms with Crippen LogP contribution in [0.4, 0.5) is 0 Å². The van der Waals surface area contributed by atoms with Gasteiger partial charge in [-0.25, -0.2) is 0 Å². The summed E-state index contributed by atoms with van der Waals surface area (Å²) in [5, 5.41) is 0. The molecule has 2 N–H and O–H groups in total. The average Bonchev–Trinajstić information content (AvgIpc) is 2.39. The van der Waals surface area contributed by atoms with E-state index in [4.69, 9.17) is 5.73 Å². The number of nitrogens with two attached hydrogens (primary N) is 1. The molecule has 1 atom stereocenters. The van der Waals surface area contributed by atoms with E-state index in [-0.39, 0.29) is 0 Å². The summed E-state index contributed by atoms with van der Waals surface area (Å²) in [6, 6.07) is 9.11. The van der Waals surface area contributed by atoms with Crippen LogP contribution in [0.5, 0.6) is 0 Å². The lowest BCUT2D eigenvalue weighted by atomic mass is 10.0. The lowest BCUT2D eigenvalue weighted by Gasteiger charge is -2.34. The van der Waals surface area contributed by atoms with Crippen molar-refractivity contribution in [1.29, 1.82) is 0 Å². The summed E-state index contributed by atoms with van der Waals surface area (Å²) < 4.78 is 1.14. The maximum atomic E-state index is 5.93. The van der Waals surface area contributed by atoms with Gasteiger partial charge in [-0.3, -0.25) is 4.90 Å². The number of nitrogens with zero attached hydrogens (tertiary/aromatic N) is 1. The summed E-state index contributed by atoms with van der Waals surface area (Å²) in [4.78, 5) is 2.56. The lowest BCUT2D eigenvalue weighted by Crippen LogP contribution is -2.44. The van der Waals surface area contributed by atoms with Crippen LogP contribution in [0.2, 0.25) is 0 Å². The van der Waals surface area contributed by atoms with Gasteiger partial charge in [0.25, 0.3) is 0 Å². The topological polar surface area (TPSA) is 29.3 Å². The van der Waals surface area contributed by atoms with E-state index in [1.807, 2.05) is 0 Å². The van der Waals surface area contributed by atoms with E-state index < -0.39 is 0 Å². The molecule has 0 aliphatic carbocycles. The van der Waals surface area contributed by atoms with E-state index in [2.05, 4.69) is 45.1 Å². The first-order valence-electron chi connectivity index (χ1n) is 6.48. The Morgan fingerprint density at radius 3 is 2.35 bits per heavy atom. The molecule has 0 saturated carbocycles. The van der Waals surface area contributed by atoms with Gasteiger partial charge in [-0.15, -0.1) is 0 Å². The highest BCUT2D eigenvalue weighted by Gasteiger charge is 2.19. The standard InChI is InChI=1S/C14H21BrN2/c15-13-6-4-12(5-7-13)10-14(11-16)17-8-2-1-3-9-17/h4-7,14H,1-3,8-11,16H2. The molecule has 94 valence electrons. The highest BCUT2D eigenvalue weighted by atomic mass is 79.9. The van der Waals surface area contributed by atoms with Gasteiger partial charge in [0.1, 0.15) is 0 Å². The van der Waals surface area contributed by atoms with Crippen LogP contribution in [0.15, 0.2) is 28.7 Å². The van der Waals surface area contributed by atoms with E-state index in [0.717, 1.165) is 17.4 Å². The monoisotopic (exact) mass is 296 g/mol. The maximum absolute atomic E-state index is 5.93. The van der Waals surface area contributed by atoms with Crippen molar-refractivity contribution in [2.75, 3.05) is 19.6 Å². The van der Waals surface area contributed by atoms with Gasteiger partial charge in [-0.05, 0) is 50.0 Å². The Kier molecular flexibility index (Phi) is 5.01. The Morgan fingerprint density at radius 1 is 1.12 bits per heavy atom. The molecule has 1 unspecified atom stereocenters. The normalized spacial score (nSPS) is 19.2. The quantitative estimate of drug-likeness (QED) is 0.926. The molecule has 2 nitrogen and oxygen atoms in total. The van der Waals surface area contributed by atoms with Crippen LogP contribution in [0.25, 0.3) is 0 Å². The fourth-order valence-corrected chi connectivity index (χ4v) is 2.80. The summed E-state index contributed by atoms with van der Waals surface area (Å²) in [6.45, 7) is 3.20. The smallest absolute Gasteiger partial charge is 0.0258 e. The SMILES string of the molecule is NCC(Cc1ccc(Br)cc1)N1CCCCC1. The predicted molar refractivity (Wildman–Crippen MR) is 76.1 cm³/mol. The number of rotatable bonds is 4. The second kappa shape index (κ2) is 6.53. The van der Waals surface area contributed by atoms with Crippen LogP contribution in [0.1, 0.15) is 24.8 Å². The molecule has 0 amide bonds. The second-order valence-corrected chi connectivity index (χ2v) is 5.73. The molecule has 1 aliphatic heterocycles. The number of hydrogen-bond donors (Lipinski definition) is 1. The molecule has 1 aliphatic rings. The Morgan fingerprint density at radius 2 is 1.76 bits per heavy atom. The molecular weight excluding hydrogens is 276 g/mol. The number of halogens is 1. The summed E-state index contributed by atoms with van der Waals surface area (Å²) >= 11 is 3.47. The van der Waals surface area contributed by atoms with Crippen molar-refractivity contribution in [2.24, 2.45) is 5.73 Å². The largest absolute Gasteiger partial charge is 0.329 e. The Bertz CT molecular complexity index is 331. The van der Waals surface area contributed by atoms with Crippen molar-refractivity contribution in [3.05, 3.63) is 34.3 Å². The molecule has 1 fully saturated rings. The number of hydrogen-bond acceptors (Lipinski definition) is 2. The van der Waals surface area contributed by atoms with Crippen LogP contribution in [-0.4, -0.2) is 30.6 Å². The fraction of sp³-hybridized carbons (Fsp3) is 0.571. The number of piperidine rings is 1. The van der Waals surface area contributed by atoms with Gasteiger partial charge in [-0.2, -0.15) is 0 Å². The number of benzene rings is 1. The zero-order chi connectivity index (χ0) is 12.1. The molecule has 1 saturated heterocycles. The van der Waals surface area contributed by atoms with Gasteiger partial charge in [0.15, 0.2) is 0 Å². The van der Waals surface area contributed by atoms with Gasteiger partial charge in [0.05, 0.1) is 0 Å². The molecule has 2 rings (SSSR count). The first-order chi connectivity index (χ1) is 8.29. The number of likely N-dealkylation sites (tertiary alicyclic amines) is 1. The molecule has 0 spiro atoms. The molecule has 0 bridgehead atoms. The van der Waals surface area contributed by atoms with Crippen molar-refractivity contribution in [3.63, 3.8) is 0 Å². The lowest BCUT2D eigenvalue weighted by molar-refractivity contribution is 0.166. The maximum Gasteiger partial charge on any atom is 0.0258 e. The molecule has 1 aromatic rings. The Hall–Kier alpha value is -0.380. The second-order valence-electron chi connectivity index (χ2n) is 4.82. The zero-order valence-electron chi connectivity index (χ0n) is 10.2. The first-order valence-corrected chi connectivity index (χ1v) is 7.27. The third-order valence-electron chi connectivity index (χ3n) is 3.56. The van der Waals surface area contributed by atoms with Crippen molar-refractivity contribution in [1.82, 2.24) is 4.90 Å². The highest BCUT2D eigenvalue weighted by molar-refractivity contribution is 9.10. The van der Waals surface area contributed by atoms with Crippen LogP contribution in [-0.2, 0) is 6.42 Å². The zero-order valence-corrected chi connectivity index (χ0v) is 11.8. The Labute approximate surface area is 112 Å². The van der Waals surface area contributed by atoms with Gasteiger partial charge in [0.2, 0.25) is 0 Å². The summed E-state index contributed by atoms with van der Waals surface area (Å²) in [6.07, 6.45) is 5.11. The van der Waals surface area contributed by atoms with Crippen molar-refractivity contribution < 1.29 is 0 Å². The third-order valence-corrected chi connectivity index (χ3v) is 4.09. The van der Waals surface area contributed by atoms with Crippen LogP contribution in [0, 0.1) is 0 Å². The summed E-state index contributed by atoms with van der Waals surface area (Å²) in [5.74, 6) is 0. The minimum Gasteiger partial charge on any atom is -0.329 e. The van der Waals surface area contributed by atoms with Gasteiger partial charge in [0, 0.05) is 17.1 Å². The predicted octanol–water partition coefficient (Wildman–Crippen LogP) is 2.80. The van der Waals surface area contributed by atoms with Gasteiger partial charge >= 0.3 is 0 Å². The van der Waals surface area contributed by atoms with Crippen LogP contribution in [0.3, 0.4) is 0 Å². The van der Waals surface area contributed by atoms with Crippen molar-refractivity contribution >= 4 is 15.9 Å². The van der Waals surface area contributed by atoms with Crippen molar-refractivity contribution in [2.45, 2.75) is 31.7 Å². The Balaban J connectivity index is 1.96. The third kappa shape index (κ3) is 3.80.